The van der Waals surface area contributed by atoms with Gasteiger partial charge in [0.2, 0.25) is 0 Å². The Morgan fingerprint density at radius 3 is 2.48 bits per heavy atom. The van der Waals surface area contributed by atoms with Gasteiger partial charge in [0.1, 0.15) is 0 Å². The number of nitrogens with zero attached hydrogens (tertiary/aromatic N) is 3. The van der Waals surface area contributed by atoms with Crippen molar-refractivity contribution in [1.29, 1.82) is 0 Å². The van der Waals surface area contributed by atoms with Gasteiger partial charge in [-0.1, -0.05) is 18.2 Å². The number of non-ortho nitro benzene ring substituents is 1. The molecule has 1 saturated heterocycles. The van der Waals surface area contributed by atoms with Gasteiger partial charge in [-0.15, -0.1) is 0 Å². The molecule has 1 heterocycles. The predicted molar refractivity (Wildman–Crippen MR) is 94.0 cm³/mol. The number of anilines is 1. The summed E-state index contributed by atoms with van der Waals surface area (Å²) >= 11 is 0. The lowest BCUT2D eigenvalue weighted by atomic mass is 10.1. The summed E-state index contributed by atoms with van der Waals surface area (Å²) < 4.78 is 0. The molecule has 7 heteroatoms. The standard InChI is InChI=1S/C18H19N3O4/c22-18(23)15-4-1-3-14(11-15)13-19-7-9-20(10-8-19)16-5-2-6-17(12-16)21(24)25/h1-6,11-12H,7-10,13H2,(H,22,23). The number of carboxylic acids is 1. The van der Waals surface area contributed by atoms with E-state index in [9.17, 15) is 14.9 Å². The smallest absolute Gasteiger partial charge is 0.335 e. The topological polar surface area (TPSA) is 86.9 Å². The SMILES string of the molecule is O=C(O)c1cccc(CN2CCN(c3cccc([N+](=O)[O-])c3)CC2)c1. The Morgan fingerprint density at radius 2 is 1.80 bits per heavy atom. The number of aromatic carboxylic acids is 1. The van der Waals surface area contributed by atoms with Gasteiger partial charge in [0.15, 0.2) is 0 Å². The van der Waals surface area contributed by atoms with Gasteiger partial charge < -0.3 is 10.0 Å². The monoisotopic (exact) mass is 341 g/mol. The van der Waals surface area contributed by atoms with E-state index in [0.717, 1.165) is 37.4 Å². The van der Waals surface area contributed by atoms with Crippen LogP contribution in [0.25, 0.3) is 0 Å². The molecule has 130 valence electrons. The van der Waals surface area contributed by atoms with Crippen molar-refractivity contribution in [2.24, 2.45) is 0 Å². The van der Waals surface area contributed by atoms with Crippen LogP contribution in [0, 0.1) is 10.1 Å². The first-order chi connectivity index (χ1) is 12.0. The highest BCUT2D eigenvalue weighted by molar-refractivity contribution is 5.87. The summed E-state index contributed by atoms with van der Waals surface area (Å²) in [5.41, 5.74) is 2.24. The van der Waals surface area contributed by atoms with E-state index in [2.05, 4.69) is 9.80 Å². The number of hydrogen-bond acceptors (Lipinski definition) is 5. The Kier molecular flexibility index (Phi) is 4.95. The highest BCUT2D eigenvalue weighted by atomic mass is 16.6. The second-order valence-electron chi connectivity index (χ2n) is 6.05. The first kappa shape index (κ1) is 16.9. The molecule has 1 aliphatic rings. The van der Waals surface area contributed by atoms with Gasteiger partial charge in [0.05, 0.1) is 10.5 Å². The van der Waals surface area contributed by atoms with Gasteiger partial charge in [-0.2, -0.15) is 0 Å². The average molecular weight is 341 g/mol. The number of benzene rings is 2. The lowest BCUT2D eigenvalue weighted by Crippen LogP contribution is -2.46. The lowest BCUT2D eigenvalue weighted by molar-refractivity contribution is -0.384. The molecule has 0 saturated carbocycles. The lowest BCUT2D eigenvalue weighted by Gasteiger charge is -2.36. The zero-order valence-corrected chi connectivity index (χ0v) is 13.7. The summed E-state index contributed by atoms with van der Waals surface area (Å²) in [5, 5.41) is 20.0. The number of hydrogen-bond donors (Lipinski definition) is 1. The second-order valence-corrected chi connectivity index (χ2v) is 6.05. The minimum Gasteiger partial charge on any atom is -0.478 e. The third-order valence-corrected chi connectivity index (χ3v) is 4.36. The average Bonchev–Trinajstić information content (AvgIpc) is 2.62. The van der Waals surface area contributed by atoms with Gasteiger partial charge in [-0.05, 0) is 23.8 Å². The van der Waals surface area contributed by atoms with Crippen LogP contribution in [0.4, 0.5) is 11.4 Å². The van der Waals surface area contributed by atoms with E-state index < -0.39 is 5.97 Å². The summed E-state index contributed by atoms with van der Waals surface area (Å²) in [7, 11) is 0. The molecule has 0 aliphatic carbocycles. The second kappa shape index (κ2) is 7.31. The van der Waals surface area contributed by atoms with Crippen molar-refractivity contribution in [1.82, 2.24) is 4.90 Å². The summed E-state index contributed by atoms with van der Waals surface area (Å²) in [6, 6.07) is 13.7. The van der Waals surface area contributed by atoms with Crippen molar-refractivity contribution in [2.75, 3.05) is 31.1 Å². The van der Waals surface area contributed by atoms with E-state index >= 15 is 0 Å². The van der Waals surface area contributed by atoms with Crippen LogP contribution in [0.3, 0.4) is 0 Å². The molecular weight excluding hydrogens is 322 g/mol. The van der Waals surface area contributed by atoms with E-state index in [1.54, 1.807) is 30.3 Å². The molecule has 0 unspecified atom stereocenters. The molecule has 0 radical (unpaired) electrons. The molecule has 0 aromatic heterocycles. The summed E-state index contributed by atoms with van der Waals surface area (Å²) in [4.78, 5) is 26.0. The van der Waals surface area contributed by atoms with Gasteiger partial charge >= 0.3 is 5.97 Å². The Hall–Kier alpha value is -2.93. The highest BCUT2D eigenvalue weighted by Gasteiger charge is 2.19. The Balaban J connectivity index is 1.60. The molecule has 1 N–H and O–H groups in total. The van der Waals surface area contributed by atoms with Crippen LogP contribution in [0.5, 0.6) is 0 Å². The molecule has 0 spiro atoms. The van der Waals surface area contributed by atoms with Crippen molar-refractivity contribution < 1.29 is 14.8 Å². The first-order valence-electron chi connectivity index (χ1n) is 8.07. The van der Waals surface area contributed by atoms with Gasteiger partial charge in [0.25, 0.3) is 5.69 Å². The summed E-state index contributed by atoms with van der Waals surface area (Å²) in [6.07, 6.45) is 0. The van der Waals surface area contributed by atoms with Crippen molar-refractivity contribution >= 4 is 17.3 Å². The van der Waals surface area contributed by atoms with Gasteiger partial charge in [-0.3, -0.25) is 15.0 Å². The number of nitro groups is 1. The molecule has 1 aliphatic heterocycles. The molecule has 2 aromatic rings. The van der Waals surface area contributed by atoms with E-state index in [-0.39, 0.29) is 10.6 Å². The largest absolute Gasteiger partial charge is 0.478 e. The molecule has 0 atom stereocenters. The summed E-state index contributed by atoms with van der Waals surface area (Å²) in [5.74, 6) is -0.919. The third kappa shape index (κ3) is 4.13. The maximum Gasteiger partial charge on any atom is 0.335 e. The number of carboxylic acid groups (broad SMARTS) is 1. The predicted octanol–water partition coefficient (Wildman–Crippen LogP) is 2.62. The van der Waals surface area contributed by atoms with E-state index in [4.69, 9.17) is 5.11 Å². The quantitative estimate of drug-likeness (QED) is 0.664. The highest BCUT2D eigenvalue weighted by Crippen LogP contribution is 2.22. The van der Waals surface area contributed by atoms with E-state index in [1.807, 2.05) is 12.1 Å². The Bertz CT molecular complexity index is 785. The fourth-order valence-corrected chi connectivity index (χ4v) is 3.03. The zero-order chi connectivity index (χ0) is 17.8. The molecule has 3 rings (SSSR count). The van der Waals surface area contributed by atoms with Crippen LogP contribution in [0.1, 0.15) is 15.9 Å². The molecular formula is C18H19N3O4. The zero-order valence-electron chi connectivity index (χ0n) is 13.7. The van der Waals surface area contributed by atoms with Crippen molar-refractivity contribution in [3.63, 3.8) is 0 Å². The van der Waals surface area contributed by atoms with Crippen LogP contribution in [0.15, 0.2) is 48.5 Å². The molecule has 25 heavy (non-hydrogen) atoms. The van der Waals surface area contributed by atoms with Crippen LogP contribution < -0.4 is 4.90 Å². The Morgan fingerprint density at radius 1 is 1.08 bits per heavy atom. The molecule has 2 aromatic carbocycles. The fourth-order valence-electron chi connectivity index (χ4n) is 3.03. The van der Waals surface area contributed by atoms with Crippen LogP contribution in [-0.4, -0.2) is 47.1 Å². The van der Waals surface area contributed by atoms with Gasteiger partial charge in [0, 0.05) is 50.5 Å². The van der Waals surface area contributed by atoms with Crippen LogP contribution >= 0.6 is 0 Å². The maximum atomic E-state index is 11.1. The first-order valence-corrected chi connectivity index (χ1v) is 8.07. The fraction of sp³-hybridized carbons (Fsp3) is 0.278. The molecule has 1 fully saturated rings. The minimum absolute atomic E-state index is 0.102. The van der Waals surface area contributed by atoms with Crippen molar-refractivity contribution in [2.45, 2.75) is 6.54 Å². The van der Waals surface area contributed by atoms with E-state index in [0.29, 0.717) is 12.1 Å². The summed E-state index contributed by atoms with van der Waals surface area (Å²) in [6.45, 7) is 3.89. The molecule has 7 nitrogen and oxygen atoms in total. The number of piperazine rings is 1. The maximum absolute atomic E-state index is 11.1. The van der Waals surface area contributed by atoms with Crippen LogP contribution in [-0.2, 0) is 6.54 Å². The number of rotatable bonds is 5. The molecule has 0 bridgehead atoms. The van der Waals surface area contributed by atoms with Crippen LogP contribution in [0.2, 0.25) is 0 Å². The third-order valence-electron chi connectivity index (χ3n) is 4.36. The van der Waals surface area contributed by atoms with Gasteiger partial charge in [-0.25, -0.2) is 4.79 Å². The van der Waals surface area contributed by atoms with Crippen molar-refractivity contribution in [3.8, 4) is 0 Å². The number of nitro benzene ring substituents is 1. The van der Waals surface area contributed by atoms with Crippen molar-refractivity contribution in [3.05, 3.63) is 69.8 Å². The Labute approximate surface area is 145 Å². The molecule has 0 amide bonds. The normalized spacial score (nSPS) is 15.1. The van der Waals surface area contributed by atoms with E-state index in [1.165, 1.54) is 6.07 Å². The minimum atomic E-state index is -0.919. The number of carbonyl (C=O) groups is 1.